The lowest BCUT2D eigenvalue weighted by atomic mass is 9.88. The summed E-state index contributed by atoms with van der Waals surface area (Å²) in [5.41, 5.74) is 0. The van der Waals surface area contributed by atoms with Gasteiger partial charge in [-0.1, -0.05) is 25.6 Å². The number of thioether (sulfide) groups is 1. The molecule has 0 aliphatic heterocycles. The summed E-state index contributed by atoms with van der Waals surface area (Å²) >= 11 is 1.23. The number of hydrogen-bond donors (Lipinski definition) is 1. The van der Waals surface area contributed by atoms with Crippen LogP contribution >= 0.6 is 11.8 Å². The maximum absolute atomic E-state index is 10.7. The van der Waals surface area contributed by atoms with Gasteiger partial charge in [0.15, 0.2) is 5.16 Å². The molecule has 0 spiro atoms. The van der Waals surface area contributed by atoms with E-state index >= 15 is 0 Å². The van der Waals surface area contributed by atoms with Crippen LogP contribution in [0.1, 0.15) is 51.4 Å². The minimum Gasteiger partial charge on any atom is -0.481 e. The molecule has 20 heavy (non-hydrogen) atoms. The molecule has 1 aromatic rings. The predicted octanol–water partition coefficient (Wildman–Crippen LogP) is 2.32. The Morgan fingerprint density at radius 3 is 2.75 bits per heavy atom. The lowest BCUT2D eigenvalue weighted by Crippen LogP contribution is -2.34. The van der Waals surface area contributed by atoms with Gasteiger partial charge < -0.3 is 14.4 Å². The minimum atomic E-state index is -0.837. The second-order valence-corrected chi connectivity index (χ2v) is 6.19. The second kappa shape index (κ2) is 6.58. The van der Waals surface area contributed by atoms with Crippen molar-refractivity contribution in [2.75, 3.05) is 12.4 Å². The average molecular weight is 299 g/mol. The Kier molecular flexibility index (Phi) is 5.04. The quantitative estimate of drug-likeness (QED) is 0.779. The summed E-state index contributed by atoms with van der Waals surface area (Å²) in [7, 11) is 0. The van der Waals surface area contributed by atoms with E-state index in [2.05, 4.69) is 28.6 Å². The van der Waals surface area contributed by atoms with Crippen molar-refractivity contribution < 1.29 is 14.6 Å². The summed E-state index contributed by atoms with van der Waals surface area (Å²) in [6.07, 6.45) is 2.21. The number of rotatable bonds is 7. The van der Waals surface area contributed by atoms with E-state index in [-0.39, 0.29) is 11.7 Å². The maximum Gasteiger partial charge on any atom is 0.313 e. The van der Waals surface area contributed by atoms with E-state index in [1.54, 1.807) is 0 Å². The number of carbonyl (C=O) groups is 1. The zero-order valence-corrected chi connectivity index (χ0v) is 12.9. The molecule has 6 nitrogen and oxygen atoms in total. The van der Waals surface area contributed by atoms with Crippen LogP contribution in [0.4, 0.5) is 0 Å². The van der Waals surface area contributed by atoms with Crippen LogP contribution in [0, 0.1) is 0 Å². The van der Waals surface area contributed by atoms with E-state index in [1.807, 2.05) is 6.92 Å². The van der Waals surface area contributed by atoms with Crippen LogP contribution in [0.25, 0.3) is 0 Å². The van der Waals surface area contributed by atoms with Gasteiger partial charge in [-0.05, 0) is 19.8 Å². The lowest BCUT2D eigenvalue weighted by molar-refractivity contribution is -0.133. The van der Waals surface area contributed by atoms with Gasteiger partial charge in [-0.3, -0.25) is 4.79 Å². The van der Waals surface area contributed by atoms with Crippen molar-refractivity contribution >= 4 is 17.7 Å². The summed E-state index contributed by atoms with van der Waals surface area (Å²) in [6.45, 7) is 6.88. The SMILES string of the molecule is CCOC1CC(n2c(SCC(=O)O)nnc2C(C)C)C1. The van der Waals surface area contributed by atoms with Gasteiger partial charge in [0.05, 0.1) is 11.9 Å². The molecule has 0 aromatic carbocycles. The molecule has 0 amide bonds. The fourth-order valence-corrected chi connectivity index (χ4v) is 3.10. The highest BCUT2D eigenvalue weighted by Crippen LogP contribution is 2.39. The Morgan fingerprint density at radius 1 is 1.50 bits per heavy atom. The van der Waals surface area contributed by atoms with Crippen molar-refractivity contribution in [3.63, 3.8) is 0 Å². The molecule has 2 rings (SSSR count). The van der Waals surface area contributed by atoms with Gasteiger partial charge in [0.2, 0.25) is 0 Å². The van der Waals surface area contributed by atoms with Crippen LogP contribution in [0.2, 0.25) is 0 Å². The van der Waals surface area contributed by atoms with Crippen LogP contribution in [-0.2, 0) is 9.53 Å². The van der Waals surface area contributed by atoms with Crippen molar-refractivity contribution in [2.24, 2.45) is 0 Å². The molecule has 1 aliphatic rings. The summed E-state index contributed by atoms with van der Waals surface area (Å²) in [4.78, 5) is 10.7. The second-order valence-electron chi connectivity index (χ2n) is 5.25. The van der Waals surface area contributed by atoms with Gasteiger partial charge >= 0.3 is 5.97 Å². The summed E-state index contributed by atoms with van der Waals surface area (Å²) < 4.78 is 7.69. The molecule has 1 N–H and O–H groups in total. The summed E-state index contributed by atoms with van der Waals surface area (Å²) in [5, 5.41) is 17.9. The molecule has 0 unspecified atom stereocenters. The largest absolute Gasteiger partial charge is 0.481 e. The third-order valence-corrected chi connectivity index (χ3v) is 4.30. The fraction of sp³-hybridized carbons (Fsp3) is 0.769. The van der Waals surface area contributed by atoms with E-state index in [9.17, 15) is 4.79 Å². The number of carboxylic acids is 1. The summed E-state index contributed by atoms with van der Waals surface area (Å²) in [6, 6.07) is 0.329. The molecule has 0 radical (unpaired) electrons. The molecule has 7 heteroatoms. The standard InChI is InChI=1S/C13H21N3O3S/c1-4-19-10-5-9(6-10)16-12(8(2)3)14-15-13(16)20-7-11(17)18/h8-10H,4-7H2,1-3H3,(H,17,18). The van der Waals surface area contributed by atoms with E-state index < -0.39 is 5.97 Å². The highest BCUT2D eigenvalue weighted by atomic mass is 32.2. The molecule has 1 saturated carbocycles. The number of carboxylic acid groups (broad SMARTS) is 1. The summed E-state index contributed by atoms with van der Waals surface area (Å²) in [5.74, 6) is 0.375. The minimum absolute atomic E-state index is 0.0117. The first-order valence-electron chi connectivity index (χ1n) is 6.93. The number of aromatic nitrogens is 3. The molecular weight excluding hydrogens is 278 g/mol. The van der Waals surface area contributed by atoms with Gasteiger partial charge in [0, 0.05) is 18.6 Å². The molecule has 0 saturated heterocycles. The fourth-order valence-electron chi connectivity index (χ4n) is 2.37. The van der Waals surface area contributed by atoms with Crippen molar-refractivity contribution in [1.82, 2.24) is 14.8 Å². The number of aliphatic carboxylic acids is 1. The van der Waals surface area contributed by atoms with E-state index in [0.29, 0.717) is 17.3 Å². The Morgan fingerprint density at radius 2 is 2.20 bits per heavy atom. The van der Waals surface area contributed by atoms with Crippen molar-refractivity contribution in [2.45, 2.75) is 56.8 Å². The van der Waals surface area contributed by atoms with E-state index in [0.717, 1.165) is 25.3 Å². The molecule has 0 bridgehead atoms. The van der Waals surface area contributed by atoms with Crippen LogP contribution in [-0.4, -0.2) is 44.3 Å². The number of hydrogen-bond acceptors (Lipinski definition) is 5. The molecule has 1 heterocycles. The Bertz CT molecular complexity index is 469. The van der Waals surface area contributed by atoms with Gasteiger partial charge in [0.1, 0.15) is 5.82 Å². The van der Waals surface area contributed by atoms with Crippen molar-refractivity contribution in [1.29, 1.82) is 0 Å². The van der Waals surface area contributed by atoms with Crippen LogP contribution < -0.4 is 0 Å². The zero-order chi connectivity index (χ0) is 14.7. The first-order valence-corrected chi connectivity index (χ1v) is 7.92. The smallest absolute Gasteiger partial charge is 0.313 e. The first-order chi connectivity index (χ1) is 9.52. The number of ether oxygens (including phenoxy) is 1. The van der Waals surface area contributed by atoms with Gasteiger partial charge in [-0.15, -0.1) is 10.2 Å². The molecular formula is C13H21N3O3S. The van der Waals surface area contributed by atoms with Crippen LogP contribution in [0.5, 0.6) is 0 Å². The van der Waals surface area contributed by atoms with Crippen molar-refractivity contribution in [3.8, 4) is 0 Å². The molecule has 112 valence electrons. The monoisotopic (exact) mass is 299 g/mol. The number of nitrogens with zero attached hydrogens (tertiary/aromatic N) is 3. The van der Waals surface area contributed by atoms with Gasteiger partial charge in [-0.25, -0.2) is 0 Å². The maximum atomic E-state index is 10.7. The van der Waals surface area contributed by atoms with E-state index in [1.165, 1.54) is 11.8 Å². The first kappa shape index (κ1) is 15.3. The van der Waals surface area contributed by atoms with Crippen LogP contribution in [0.15, 0.2) is 5.16 Å². The van der Waals surface area contributed by atoms with E-state index in [4.69, 9.17) is 9.84 Å². The third-order valence-electron chi connectivity index (χ3n) is 3.37. The topological polar surface area (TPSA) is 77.2 Å². The average Bonchev–Trinajstić information content (AvgIpc) is 2.74. The normalized spacial score (nSPS) is 22.0. The van der Waals surface area contributed by atoms with Crippen molar-refractivity contribution in [3.05, 3.63) is 5.82 Å². The predicted molar refractivity (Wildman–Crippen MR) is 76.2 cm³/mol. The third kappa shape index (κ3) is 3.32. The Labute approximate surface area is 122 Å². The molecule has 0 atom stereocenters. The Hall–Kier alpha value is -1.08. The molecule has 1 aliphatic carbocycles. The molecule has 1 aromatic heterocycles. The lowest BCUT2D eigenvalue weighted by Gasteiger charge is -2.37. The van der Waals surface area contributed by atoms with Gasteiger partial charge in [-0.2, -0.15) is 0 Å². The Balaban J connectivity index is 2.12. The highest BCUT2D eigenvalue weighted by Gasteiger charge is 2.34. The molecule has 1 fully saturated rings. The highest BCUT2D eigenvalue weighted by molar-refractivity contribution is 7.99. The van der Waals surface area contributed by atoms with Crippen LogP contribution in [0.3, 0.4) is 0 Å². The zero-order valence-electron chi connectivity index (χ0n) is 12.1. The van der Waals surface area contributed by atoms with Gasteiger partial charge in [0.25, 0.3) is 0 Å².